The lowest BCUT2D eigenvalue weighted by Gasteiger charge is -1.78. The summed E-state index contributed by atoms with van der Waals surface area (Å²) >= 11 is 0. The van der Waals surface area contributed by atoms with Gasteiger partial charge in [-0.15, -0.1) is 0 Å². The van der Waals surface area contributed by atoms with Crippen molar-refractivity contribution in [1.82, 2.24) is 5.32 Å². The lowest BCUT2D eigenvalue weighted by Crippen LogP contribution is -2.08. The predicted octanol–water partition coefficient (Wildman–Crippen LogP) is 0.111. The number of carbonyl (C=O) groups is 2. The number of nitrogens with one attached hydrogen (secondary N) is 1. The van der Waals surface area contributed by atoms with Gasteiger partial charge in [0.1, 0.15) is 0 Å². The highest BCUT2D eigenvalue weighted by Crippen LogP contribution is 1.87. The van der Waals surface area contributed by atoms with Crippen molar-refractivity contribution in [3.63, 3.8) is 0 Å². The predicted molar refractivity (Wildman–Crippen MR) is 35.2 cm³/mol. The van der Waals surface area contributed by atoms with Crippen molar-refractivity contribution in [3.05, 3.63) is 12.3 Å². The summed E-state index contributed by atoms with van der Waals surface area (Å²) in [6.45, 7) is 1.08. The van der Waals surface area contributed by atoms with Crippen LogP contribution in [0.25, 0.3) is 0 Å². The Hall–Kier alpha value is -1.32. The first-order valence-electron chi connectivity index (χ1n) is 2.77. The van der Waals surface area contributed by atoms with Crippen LogP contribution in [0.5, 0.6) is 0 Å². The largest absolute Gasteiger partial charge is 0.481 e. The molecule has 0 bridgehead atoms. The molecule has 4 nitrogen and oxygen atoms in total. The second-order valence-electron chi connectivity index (χ2n) is 1.69. The molecule has 56 valence electrons. The van der Waals surface area contributed by atoms with Crippen LogP contribution >= 0.6 is 0 Å². The van der Waals surface area contributed by atoms with Gasteiger partial charge >= 0.3 is 0 Å². The summed E-state index contributed by atoms with van der Waals surface area (Å²) in [6, 6.07) is 0. The summed E-state index contributed by atoms with van der Waals surface area (Å²) in [6.07, 6.45) is 4.00. The lowest BCUT2D eigenvalue weighted by atomic mass is 10.5. The number of aliphatic carboxylic acids is 1. The van der Waals surface area contributed by atoms with Crippen LogP contribution in [-0.4, -0.2) is 17.0 Å². The van der Waals surface area contributed by atoms with Crippen LogP contribution in [0.3, 0.4) is 0 Å². The van der Waals surface area contributed by atoms with Crippen LogP contribution in [0.2, 0.25) is 0 Å². The summed E-state index contributed by atoms with van der Waals surface area (Å²) in [7, 11) is 0. The van der Waals surface area contributed by atoms with E-state index in [2.05, 4.69) is 5.32 Å². The fourth-order valence-electron chi connectivity index (χ4n) is 0.377. The smallest absolute Gasteiger partial charge is 0.300 e. The standard InChI is InChI=1S/C4H5NO.C2H4O2/c6-4-2-1-3-5-4;1-2(3)4/h1,3H,2H2,(H,5,6);1H3,(H,3,4). The molecule has 0 saturated heterocycles. The molecule has 0 atom stereocenters. The molecule has 10 heavy (non-hydrogen) atoms. The van der Waals surface area contributed by atoms with E-state index in [0.29, 0.717) is 6.42 Å². The van der Waals surface area contributed by atoms with Crippen molar-refractivity contribution < 1.29 is 14.7 Å². The number of amides is 1. The topological polar surface area (TPSA) is 66.4 Å². The molecule has 1 rings (SSSR count). The zero-order valence-electron chi connectivity index (χ0n) is 5.63. The van der Waals surface area contributed by atoms with E-state index in [9.17, 15) is 4.79 Å². The Kier molecular flexibility index (Phi) is 3.95. The number of hydrogen-bond acceptors (Lipinski definition) is 2. The Morgan fingerprint density at radius 2 is 2.30 bits per heavy atom. The van der Waals surface area contributed by atoms with Gasteiger partial charge in [-0.3, -0.25) is 9.59 Å². The van der Waals surface area contributed by atoms with E-state index in [1.54, 1.807) is 12.3 Å². The van der Waals surface area contributed by atoms with Gasteiger partial charge < -0.3 is 10.4 Å². The highest BCUT2D eigenvalue weighted by Gasteiger charge is 1.97. The quantitative estimate of drug-likeness (QED) is 0.505. The molecule has 1 aliphatic heterocycles. The molecular formula is C6H9NO3. The molecule has 0 spiro atoms. The highest BCUT2D eigenvalue weighted by atomic mass is 16.4. The monoisotopic (exact) mass is 143 g/mol. The maximum Gasteiger partial charge on any atom is 0.300 e. The van der Waals surface area contributed by atoms with E-state index < -0.39 is 5.97 Å². The van der Waals surface area contributed by atoms with Gasteiger partial charge in [-0.05, 0) is 0 Å². The summed E-state index contributed by atoms with van der Waals surface area (Å²) in [5, 5.41) is 9.92. The van der Waals surface area contributed by atoms with Crippen molar-refractivity contribution in [2.24, 2.45) is 0 Å². The third-order valence-electron chi connectivity index (χ3n) is 0.665. The van der Waals surface area contributed by atoms with Crippen LogP contribution in [0.4, 0.5) is 0 Å². The molecule has 0 saturated carbocycles. The third kappa shape index (κ3) is 6.68. The normalized spacial score (nSPS) is 13.5. The maximum absolute atomic E-state index is 10.1. The van der Waals surface area contributed by atoms with Gasteiger partial charge in [0.15, 0.2) is 0 Å². The third-order valence-corrected chi connectivity index (χ3v) is 0.665. The van der Waals surface area contributed by atoms with Crippen LogP contribution in [-0.2, 0) is 9.59 Å². The van der Waals surface area contributed by atoms with E-state index in [0.717, 1.165) is 6.92 Å². The Labute approximate surface area is 58.5 Å². The summed E-state index contributed by atoms with van der Waals surface area (Å²) in [4.78, 5) is 19.1. The number of rotatable bonds is 0. The van der Waals surface area contributed by atoms with Gasteiger partial charge in [-0.25, -0.2) is 0 Å². The minimum absolute atomic E-state index is 0.0926. The molecule has 0 aliphatic carbocycles. The minimum Gasteiger partial charge on any atom is -0.481 e. The van der Waals surface area contributed by atoms with Crippen LogP contribution in [0.15, 0.2) is 12.3 Å². The van der Waals surface area contributed by atoms with E-state index in [1.807, 2.05) is 0 Å². The minimum atomic E-state index is -0.833. The van der Waals surface area contributed by atoms with Crippen molar-refractivity contribution in [2.45, 2.75) is 13.3 Å². The maximum atomic E-state index is 10.1. The molecule has 0 radical (unpaired) electrons. The Morgan fingerprint density at radius 1 is 1.80 bits per heavy atom. The molecule has 0 aromatic rings. The molecule has 0 fully saturated rings. The highest BCUT2D eigenvalue weighted by molar-refractivity contribution is 5.80. The lowest BCUT2D eigenvalue weighted by molar-refractivity contribution is -0.134. The molecule has 4 heteroatoms. The first-order chi connectivity index (χ1) is 4.63. The van der Waals surface area contributed by atoms with Crippen molar-refractivity contribution in [3.8, 4) is 0 Å². The molecule has 0 aromatic carbocycles. The molecule has 1 aliphatic rings. The number of carbonyl (C=O) groups excluding carboxylic acids is 1. The zero-order valence-corrected chi connectivity index (χ0v) is 5.63. The van der Waals surface area contributed by atoms with E-state index in [4.69, 9.17) is 9.90 Å². The van der Waals surface area contributed by atoms with Crippen LogP contribution < -0.4 is 5.32 Å². The summed E-state index contributed by atoms with van der Waals surface area (Å²) in [5.41, 5.74) is 0. The number of carboxylic acid groups (broad SMARTS) is 1. The molecular weight excluding hydrogens is 134 g/mol. The van der Waals surface area contributed by atoms with Gasteiger partial charge in [-0.1, -0.05) is 6.08 Å². The van der Waals surface area contributed by atoms with Crippen molar-refractivity contribution >= 4 is 11.9 Å². The van der Waals surface area contributed by atoms with Gasteiger partial charge in [0.25, 0.3) is 5.97 Å². The fourth-order valence-corrected chi connectivity index (χ4v) is 0.377. The first kappa shape index (κ1) is 8.68. The number of hydrogen-bond donors (Lipinski definition) is 2. The van der Waals surface area contributed by atoms with Gasteiger partial charge in [0.2, 0.25) is 5.91 Å². The van der Waals surface area contributed by atoms with E-state index >= 15 is 0 Å². The molecule has 0 aromatic heterocycles. The van der Waals surface area contributed by atoms with E-state index in [-0.39, 0.29) is 5.91 Å². The van der Waals surface area contributed by atoms with Crippen molar-refractivity contribution in [2.75, 3.05) is 0 Å². The van der Waals surface area contributed by atoms with Crippen LogP contribution in [0, 0.1) is 0 Å². The Balaban J connectivity index is 0.000000180. The Morgan fingerprint density at radius 3 is 2.40 bits per heavy atom. The molecule has 1 heterocycles. The zero-order chi connectivity index (χ0) is 7.98. The second-order valence-corrected chi connectivity index (χ2v) is 1.69. The van der Waals surface area contributed by atoms with Gasteiger partial charge in [0.05, 0.1) is 0 Å². The summed E-state index contributed by atoms with van der Waals surface area (Å²) < 4.78 is 0. The number of carboxylic acids is 1. The molecule has 1 amide bonds. The first-order valence-corrected chi connectivity index (χ1v) is 2.77. The SMILES string of the molecule is CC(=O)O.O=C1CC=CN1. The second kappa shape index (κ2) is 4.55. The van der Waals surface area contributed by atoms with E-state index in [1.165, 1.54) is 0 Å². The molecule has 0 unspecified atom stereocenters. The fraction of sp³-hybridized carbons (Fsp3) is 0.333. The average Bonchev–Trinajstić information content (AvgIpc) is 2.15. The van der Waals surface area contributed by atoms with Crippen molar-refractivity contribution in [1.29, 1.82) is 0 Å². The summed E-state index contributed by atoms with van der Waals surface area (Å²) in [5.74, 6) is -0.741. The molecule has 2 N–H and O–H groups in total. The average molecular weight is 143 g/mol. The Bertz CT molecular complexity index is 148. The van der Waals surface area contributed by atoms with Gasteiger partial charge in [0, 0.05) is 19.5 Å². The van der Waals surface area contributed by atoms with Crippen LogP contribution in [0.1, 0.15) is 13.3 Å². The van der Waals surface area contributed by atoms with Gasteiger partial charge in [-0.2, -0.15) is 0 Å².